The summed E-state index contributed by atoms with van der Waals surface area (Å²) in [5, 5.41) is 0. The normalized spacial score (nSPS) is 24.3. The number of amides is 1. The fourth-order valence-corrected chi connectivity index (χ4v) is 4.71. The minimum Gasteiger partial charge on any atom is -0.310 e. The zero-order valence-electron chi connectivity index (χ0n) is 14.8. The van der Waals surface area contributed by atoms with Crippen molar-refractivity contribution in [3.8, 4) is 0 Å². The molecule has 1 amide bonds. The second-order valence-corrected chi connectivity index (χ2v) is 7.55. The van der Waals surface area contributed by atoms with Crippen molar-refractivity contribution < 1.29 is 4.79 Å². The van der Waals surface area contributed by atoms with E-state index in [1.807, 2.05) is 11.0 Å². The number of para-hydroxylation sites is 1. The fraction of sp³-hybridized carbons (Fsp3) is 0.650. The lowest BCUT2D eigenvalue weighted by Gasteiger charge is -2.40. The van der Waals surface area contributed by atoms with Gasteiger partial charge in [0.05, 0.1) is 6.04 Å². The van der Waals surface area contributed by atoms with E-state index in [1.165, 1.54) is 31.2 Å². The molecule has 1 aromatic rings. The van der Waals surface area contributed by atoms with Gasteiger partial charge in [0.1, 0.15) is 0 Å². The van der Waals surface area contributed by atoms with Gasteiger partial charge in [0.2, 0.25) is 5.91 Å². The third-order valence-electron chi connectivity index (χ3n) is 6.25. The Morgan fingerprint density at radius 3 is 2.50 bits per heavy atom. The maximum Gasteiger partial charge on any atom is 0.244 e. The highest BCUT2D eigenvalue weighted by atomic mass is 16.2. The van der Waals surface area contributed by atoms with Gasteiger partial charge in [-0.25, -0.2) is 0 Å². The number of carbonyl (C=O) groups excluding carboxylic acids is 1. The standard InChI is InChI=1S/C20H29N3O/c1-16(20(24)23-11-10-17-6-2-5-9-19(17)23)21-12-14-22(15-13-21)18-7-3-4-8-18/h2,5-6,9,16,18H,3-4,7-8,10-15H2,1H3. The van der Waals surface area contributed by atoms with Crippen LogP contribution < -0.4 is 4.90 Å². The van der Waals surface area contributed by atoms with E-state index < -0.39 is 0 Å². The number of piperazine rings is 1. The summed E-state index contributed by atoms with van der Waals surface area (Å²) in [6, 6.07) is 9.14. The van der Waals surface area contributed by atoms with Crippen LogP contribution in [0.1, 0.15) is 38.2 Å². The van der Waals surface area contributed by atoms with Crippen molar-refractivity contribution in [2.24, 2.45) is 0 Å². The SMILES string of the molecule is CC(C(=O)N1CCc2ccccc21)N1CCN(C2CCCC2)CC1. The average molecular weight is 327 g/mol. The second kappa shape index (κ2) is 6.85. The molecule has 2 aliphatic heterocycles. The third-order valence-corrected chi connectivity index (χ3v) is 6.25. The average Bonchev–Trinajstić information content (AvgIpc) is 3.30. The Morgan fingerprint density at radius 2 is 1.75 bits per heavy atom. The summed E-state index contributed by atoms with van der Waals surface area (Å²) in [6.07, 6.45) is 6.53. The van der Waals surface area contributed by atoms with Crippen molar-refractivity contribution in [3.05, 3.63) is 29.8 Å². The van der Waals surface area contributed by atoms with E-state index in [0.29, 0.717) is 0 Å². The van der Waals surface area contributed by atoms with Gasteiger partial charge in [-0.3, -0.25) is 14.6 Å². The smallest absolute Gasteiger partial charge is 0.244 e. The highest BCUT2D eigenvalue weighted by molar-refractivity contribution is 5.98. The molecule has 1 saturated heterocycles. The van der Waals surface area contributed by atoms with Crippen LogP contribution in [0.15, 0.2) is 24.3 Å². The summed E-state index contributed by atoms with van der Waals surface area (Å²) >= 11 is 0. The van der Waals surface area contributed by atoms with Crippen LogP contribution in [0.4, 0.5) is 5.69 Å². The number of carbonyl (C=O) groups is 1. The van der Waals surface area contributed by atoms with Crippen LogP contribution in [0.2, 0.25) is 0 Å². The molecule has 1 atom stereocenters. The minimum atomic E-state index is -0.0121. The number of fused-ring (bicyclic) bond motifs is 1. The van der Waals surface area contributed by atoms with Gasteiger partial charge in [-0.1, -0.05) is 31.0 Å². The third kappa shape index (κ3) is 2.98. The largest absolute Gasteiger partial charge is 0.310 e. The van der Waals surface area contributed by atoms with Gasteiger partial charge < -0.3 is 4.90 Å². The molecule has 1 saturated carbocycles. The molecule has 0 spiro atoms. The first-order chi connectivity index (χ1) is 11.7. The Balaban J connectivity index is 1.36. The van der Waals surface area contributed by atoms with Crippen LogP contribution in [0, 0.1) is 0 Å². The molecule has 0 aromatic heterocycles. The van der Waals surface area contributed by atoms with Gasteiger partial charge in [-0.05, 0) is 37.8 Å². The van der Waals surface area contributed by atoms with E-state index in [-0.39, 0.29) is 11.9 Å². The predicted octanol–water partition coefficient (Wildman–Crippen LogP) is 2.52. The molecule has 2 fully saturated rings. The van der Waals surface area contributed by atoms with Crippen LogP contribution in [-0.4, -0.2) is 60.5 Å². The molecule has 4 rings (SSSR count). The van der Waals surface area contributed by atoms with Crippen molar-refractivity contribution in [1.82, 2.24) is 9.80 Å². The molecule has 4 nitrogen and oxygen atoms in total. The molecule has 24 heavy (non-hydrogen) atoms. The van der Waals surface area contributed by atoms with E-state index in [1.54, 1.807) is 0 Å². The number of hydrogen-bond donors (Lipinski definition) is 0. The predicted molar refractivity (Wildman–Crippen MR) is 97.4 cm³/mol. The second-order valence-electron chi connectivity index (χ2n) is 7.55. The van der Waals surface area contributed by atoms with Gasteiger partial charge in [-0.2, -0.15) is 0 Å². The summed E-state index contributed by atoms with van der Waals surface area (Å²) in [6.45, 7) is 7.23. The van der Waals surface area contributed by atoms with E-state index in [9.17, 15) is 4.79 Å². The molecular weight excluding hydrogens is 298 g/mol. The highest BCUT2D eigenvalue weighted by Gasteiger charge is 2.33. The minimum absolute atomic E-state index is 0.0121. The van der Waals surface area contributed by atoms with Crippen molar-refractivity contribution >= 4 is 11.6 Å². The molecule has 1 unspecified atom stereocenters. The fourth-order valence-electron chi connectivity index (χ4n) is 4.71. The van der Waals surface area contributed by atoms with Crippen LogP contribution in [0.5, 0.6) is 0 Å². The van der Waals surface area contributed by atoms with E-state index in [4.69, 9.17) is 0 Å². The summed E-state index contributed by atoms with van der Waals surface area (Å²) in [7, 11) is 0. The topological polar surface area (TPSA) is 26.8 Å². The molecule has 4 heteroatoms. The van der Waals surface area contributed by atoms with Gasteiger partial charge >= 0.3 is 0 Å². The van der Waals surface area contributed by atoms with Gasteiger partial charge in [0.25, 0.3) is 0 Å². The van der Waals surface area contributed by atoms with Gasteiger partial charge in [0, 0.05) is 44.5 Å². The first-order valence-corrected chi connectivity index (χ1v) is 9.61. The quantitative estimate of drug-likeness (QED) is 0.853. The lowest BCUT2D eigenvalue weighted by atomic mass is 10.1. The van der Waals surface area contributed by atoms with Crippen molar-refractivity contribution in [2.45, 2.75) is 51.1 Å². The lowest BCUT2D eigenvalue weighted by molar-refractivity contribution is -0.124. The number of rotatable bonds is 3. The Labute approximate surface area is 145 Å². The maximum absolute atomic E-state index is 13.0. The maximum atomic E-state index is 13.0. The lowest BCUT2D eigenvalue weighted by Crippen LogP contribution is -2.55. The number of hydrogen-bond acceptors (Lipinski definition) is 3. The zero-order valence-corrected chi connectivity index (χ0v) is 14.8. The highest BCUT2D eigenvalue weighted by Crippen LogP contribution is 2.29. The van der Waals surface area contributed by atoms with Gasteiger partial charge in [-0.15, -0.1) is 0 Å². The first-order valence-electron chi connectivity index (χ1n) is 9.61. The monoisotopic (exact) mass is 327 g/mol. The first kappa shape index (κ1) is 16.1. The van der Waals surface area contributed by atoms with Crippen LogP contribution in [0.3, 0.4) is 0 Å². The Kier molecular flexibility index (Phi) is 4.59. The molecule has 0 bridgehead atoms. The summed E-state index contributed by atoms with van der Waals surface area (Å²) in [5.41, 5.74) is 2.43. The summed E-state index contributed by atoms with van der Waals surface area (Å²) < 4.78 is 0. The molecular formula is C20H29N3O. The van der Waals surface area contributed by atoms with E-state index >= 15 is 0 Å². The van der Waals surface area contributed by atoms with E-state index in [2.05, 4.69) is 34.9 Å². The molecule has 130 valence electrons. The van der Waals surface area contributed by atoms with Crippen molar-refractivity contribution in [3.63, 3.8) is 0 Å². The molecule has 1 aromatic carbocycles. The molecule has 2 heterocycles. The Hall–Kier alpha value is -1.39. The summed E-state index contributed by atoms with van der Waals surface area (Å²) in [5.74, 6) is 0.272. The van der Waals surface area contributed by atoms with Crippen LogP contribution in [-0.2, 0) is 11.2 Å². The van der Waals surface area contributed by atoms with Crippen molar-refractivity contribution in [2.75, 3.05) is 37.6 Å². The van der Waals surface area contributed by atoms with Crippen molar-refractivity contribution in [1.29, 1.82) is 0 Å². The molecule has 0 radical (unpaired) electrons. The number of nitrogens with zero attached hydrogens (tertiary/aromatic N) is 3. The number of anilines is 1. The van der Waals surface area contributed by atoms with Gasteiger partial charge in [0.15, 0.2) is 0 Å². The Morgan fingerprint density at radius 1 is 1.04 bits per heavy atom. The zero-order chi connectivity index (χ0) is 16.5. The molecule has 0 N–H and O–H groups in total. The number of benzene rings is 1. The molecule has 3 aliphatic rings. The Bertz CT molecular complexity index is 588. The van der Waals surface area contributed by atoms with E-state index in [0.717, 1.165) is 50.9 Å². The van der Waals surface area contributed by atoms with Crippen LogP contribution >= 0.6 is 0 Å². The van der Waals surface area contributed by atoms with Crippen LogP contribution in [0.25, 0.3) is 0 Å². The molecule has 1 aliphatic carbocycles. The summed E-state index contributed by atoms with van der Waals surface area (Å²) in [4.78, 5) is 20.1.